The second-order valence-electron chi connectivity index (χ2n) is 4.50. The second-order valence-corrected chi connectivity index (χ2v) is 5.36. The van der Waals surface area contributed by atoms with Crippen LogP contribution in [-0.2, 0) is 0 Å². The van der Waals surface area contributed by atoms with E-state index in [0.29, 0.717) is 22.6 Å². The lowest BCUT2D eigenvalue weighted by atomic mass is 10.1. The van der Waals surface area contributed by atoms with Crippen molar-refractivity contribution < 1.29 is 23.0 Å². The smallest absolute Gasteiger partial charge is 0.255 e. The van der Waals surface area contributed by atoms with E-state index in [0.717, 1.165) is 18.2 Å². The van der Waals surface area contributed by atoms with E-state index in [1.165, 1.54) is 19.2 Å². The number of halogens is 3. The molecule has 0 fully saturated rings. The van der Waals surface area contributed by atoms with Crippen LogP contribution in [0.5, 0.6) is 11.5 Å². The molecule has 0 saturated carbocycles. The molecule has 0 spiro atoms. The van der Waals surface area contributed by atoms with Crippen molar-refractivity contribution in [2.45, 2.75) is 6.92 Å². The summed E-state index contributed by atoms with van der Waals surface area (Å²) in [4.78, 5) is 12.2. The highest BCUT2D eigenvalue weighted by Gasteiger charge is 2.16. The summed E-state index contributed by atoms with van der Waals surface area (Å²) in [5.41, 5.74) is -0.0280. The van der Waals surface area contributed by atoms with Gasteiger partial charge in [0, 0.05) is 11.6 Å². The Hall–Kier alpha value is -2.15. The van der Waals surface area contributed by atoms with Crippen molar-refractivity contribution in [3.63, 3.8) is 0 Å². The van der Waals surface area contributed by atoms with E-state index in [9.17, 15) is 13.6 Å². The predicted octanol–water partition coefficient (Wildman–Crippen LogP) is 4.39. The summed E-state index contributed by atoms with van der Waals surface area (Å²) in [6, 6.07) is 5.80. The number of benzene rings is 2. The number of carbonyl (C=O) groups excluding carboxylic acids is 1. The van der Waals surface area contributed by atoms with Crippen molar-refractivity contribution in [1.82, 2.24) is 0 Å². The van der Waals surface area contributed by atoms with Crippen LogP contribution in [0.15, 0.2) is 34.8 Å². The number of anilines is 1. The summed E-state index contributed by atoms with van der Waals surface area (Å²) in [7, 11) is 1.44. The van der Waals surface area contributed by atoms with Crippen LogP contribution in [0.1, 0.15) is 17.3 Å². The molecular weight excluding hydrogens is 372 g/mol. The summed E-state index contributed by atoms with van der Waals surface area (Å²) in [6.07, 6.45) is 0. The molecule has 0 heterocycles. The van der Waals surface area contributed by atoms with E-state index >= 15 is 0 Å². The van der Waals surface area contributed by atoms with Crippen LogP contribution in [0.2, 0.25) is 0 Å². The van der Waals surface area contributed by atoms with Gasteiger partial charge in [-0.3, -0.25) is 4.79 Å². The first-order chi connectivity index (χ1) is 11.0. The van der Waals surface area contributed by atoms with E-state index in [1.807, 2.05) is 6.92 Å². The maximum Gasteiger partial charge on any atom is 0.255 e. The average Bonchev–Trinajstić information content (AvgIpc) is 2.52. The number of nitrogens with one attached hydrogen (secondary N) is 1. The number of hydrogen-bond donors (Lipinski definition) is 1. The van der Waals surface area contributed by atoms with Gasteiger partial charge in [0.1, 0.15) is 11.6 Å². The Balaban J connectivity index is 2.32. The predicted molar refractivity (Wildman–Crippen MR) is 86.2 cm³/mol. The van der Waals surface area contributed by atoms with Crippen molar-refractivity contribution in [2.75, 3.05) is 19.0 Å². The van der Waals surface area contributed by atoms with Crippen LogP contribution in [-0.4, -0.2) is 19.6 Å². The quantitative estimate of drug-likeness (QED) is 0.830. The highest BCUT2D eigenvalue weighted by atomic mass is 79.9. The molecular formula is C16H14BrF2NO3. The van der Waals surface area contributed by atoms with Gasteiger partial charge in [0.2, 0.25) is 0 Å². The standard InChI is InChI=1S/C16H14BrF2NO3/c1-3-23-15-11(17)6-9(7-14(15)22-2)16(21)20-13-8-10(18)4-5-12(13)19/h4-8H,3H2,1-2H3,(H,20,21). The minimum absolute atomic E-state index is 0.209. The molecule has 4 nitrogen and oxygen atoms in total. The molecule has 0 aliphatic carbocycles. The maximum absolute atomic E-state index is 13.6. The molecule has 1 amide bonds. The Morgan fingerprint density at radius 2 is 2.00 bits per heavy atom. The Morgan fingerprint density at radius 1 is 1.26 bits per heavy atom. The highest BCUT2D eigenvalue weighted by Crippen LogP contribution is 2.36. The number of amides is 1. The molecule has 0 aliphatic heterocycles. The molecule has 0 radical (unpaired) electrons. The van der Waals surface area contributed by atoms with Gasteiger partial charge in [-0.1, -0.05) is 0 Å². The minimum Gasteiger partial charge on any atom is -0.493 e. The molecule has 0 aromatic heterocycles. The number of rotatable bonds is 5. The first-order valence-corrected chi connectivity index (χ1v) is 7.52. The molecule has 2 aromatic carbocycles. The summed E-state index contributed by atoms with van der Waals surface area (Å²) in [5, 5.41) is 2.33. The van der Waals surface area contributed by atoms with Crippen LogP contribution in [0.4, 0.5) is 14.5 Å². The first kappa shape index (κ1) is 17.2. The zero-order valence-electron chi connectivity index (χ0n) is 12.5. The van der Waals surface area contributed by atoms with Gasteiger partial charge in [-0.2, -0.15) is 0 Å². The van der Waals surface area contributed by atoms with Crippen LogP contribution in [0, 0.1) is 11.6 Å². The molecule has 0 aliphatic rings. The van der Waals surface area contributed by atoms with E-state index in [1.54, 1.807) is 0 Å². The Bertz CT molecular complexity index is 738. The average molecular weight is 386 g/mol. The molecule has 2 aromatic rings. The van der Waals surface area contributed by atoms with Crippen LogP contribution < -0.4 is 14.8 Å². The summed E-state index contributed by atoms with van der Waals surface area (Å²) in [6.45, 7) is 2.24. The van der Waals surface area contributed by atoms with Crippen LogP contribution in [0.3, 0.4) is 0 Å². The number of methoxy groups -OCH3 is 1. The fourth-order valence-corrected chi connectivity index (χ4v) is 2.48. The van der Waals surface area contributed by atoms with E-state index in [4.69, 9.17) is 9.47 Å². The lowest BCUT2D eigenvalue weighted by Crippen LogP contribution is -2.13. The summed E-state index contributed by atoms with van der Waals surface area (Å²) in [5.74, 6) is -1.16. The van der Waals surface area contributed by atoms with Crippen LogP contribution >= 0.6 is 15.9 Å². The molecule has 122 valence electrons. The highest BCUT2D eigenvalue weighted by molar-refractivity contribution is 9.10. The van der Waals surface area contributed by atoms with Gasteiger partial charge < -0.3 is 14.8 Å². The van der Waals surface area contributed by atoms with Gasteiger partial charge >= 0.3 is 0 Å². The molecule has 1 N–H and O–H groups in total. The van der Waals surface area contributed by atoms with Gasteiger partial charge in [-0.15, -0.1) is 0 Å². The zero-order chi connectivity index (χ0) is 17.0. The lowest BCUT2D eigenvalue weighted by Gasteiger charge is -2.13. The third-order valence-electron chi connectivity index (χ3n) is 2.96. The Labute approximate surface area is 140 Å². The van der Waals surface area contributed by atoms with Gasteiger partial charge in [-0.25, -0.2) is 8.78 Å². The van der Waals surface area contributed by atoms with Crippen molar-refractivity contribution in [3.05, 3.63) is 52.0 Å². The Kier molecular flexibility index (Phi) is 5.54. The Morgan fingerprint density at radius 3 is 2.65 bits per heavy atom. The normalized spacial score (nSPS) is 10.3. The molecule has 0 bridgehead atoms. The second kappa shape index (κ2) is 7.41. The van der Waals surface area contributed by atoms with Gasteiger partial charge in [0.05, 0.1) is 23.9 Å². The van der Waals surface area contributed by atoms with Crippen molar-refractivity contribution in [3.8, 4) is 11.5 Å². The van der Waals surface area contributed by atoms with E-state index < -0.39 is 17.5 Å². The molecule has 7 heteroatoms. The third kappa shape index (κ3) is 3.98. The van der Waals surface area contributed by atoms with Gasteiger partial charge in [-0.05, 0) is 47.1 Å². The monoisotopic (exact) mass is 385 g/mol. The minimum atomic E-state index is -0.725. The van der Waals surface area contributed by atoms with Gasteiger partial charge in [0.25, 0.3) is 5.91 Å². The molecule has 0 atom stereocenters. The fraction of sp³-hybridized carbons (Fsp3) is 0.188. The fourth-order valence-electron chi connectivity index (χ4n) is 1.92. The number of ether oxygens (including phenoxy) is 2. The van der Waals surface area contributed by atoms with Crippen LogP contribution in [0.25, 0.3) is 0 Å². The number of hydrogen-bond acceptors (Lipinski definition) is 3. The molecule has 23 heavy (non-hydrogen) atoms. The lowest BCUT2D eigenvalue weighted by molar-refractivity contribution is 0.102. The van der Waals surface area contributed by atoms with Crippen molar-refractivity contribution >= 4 is 27.5 Å². The molecule has 0 unspecified atom stereocenters. The third-order valence-corrected chi connectivity index (χ3v) is 3.55. The zero-order valence-corrected chi connectivity index (χ0v) is 14.0. The van der Waals surface area contributed by atoms with E-state index in [-0.39, 0.29) is 11.3 Å². The molecule has 0 saturated heterocycles. The maximum atomic E-state index is 13.6. The molecule has 2 rings (SSSR count). The van der Waals surface area contributed by atoms with Crippen molar-refractivity contribution in [1.29, 1.82) is 0 Å². The van der Waals surface area contributed by atoms with Gasteiger partial charge in [0.15, 0.2) is 11.5 Å². The summed E-state index contributed by atoms with van der Waals surface area (Å²) >= 11 is 3.30. The van der Waals surface area contributed by atoms with E-state index in [2.05, 4.69) is 21.2 Å². The largest absolute Gasteiger partial charge is 0.493 e. The number of carbonyl (C=O) groups is 1. The topological polar surface area (TPSA) is 47.6 Å². The summed E-state index contributed by atoms with van der Waals surface area (Å²) < 4.78 is 37.9. The van der Waals surface area contributed by atoms with Crippen molar-refractivity contribution in [2.24, 2.45) is 0 Å². The first-order valence-electron chi connectivity index (χ1n) is 6.73. The SMILES string of the molecule is CCOc1c(Br)cc(C(=O)Nc2cc(F)ccc2F)cc1OC.